The fourth-order valence-electron chi connectivity index (χ4n) is 4.53. The number of aromatic nitrogens is 3. The summed E-state index contributed by atoms with van der Waals surface area (Å²) in [6, 6.07) is 12.5. The number of halogens is 1. The van der Waals surface area contributed by atoms with E-state index in [0.29, 0.717) is 28.1 Å². The number of methoxy groups -OCH3 is 1. The van der Waals surface area contributed by atoms with Crippen LogP contribution in [0.25, 0.3) is 31.9 Å². The molecular weight excluding hydrogens is 541 g/mol. The maximum absolute atomic E-state index is 14.7. The normalized spacial score (nSPS) is 18.4. The van der Waals surface area contributed by atoms with Gasteiger partial charge in [-0.2, -0.15) is 0 Å². The predicted molar refractivity (Wildman–Crippen MR) is 151 cm³/mol. The number of hydrogen-bond donors (Lipinski definition) is 3. The molecule has 5 N–H and O–H groups in total. The highest BCUT2D eigenvalue weighted by Crippen LogP contribution is 2.50. The average molecular weight is 565 g/mol. The second kappa shape index (κ2) is 9.58. The van der Waals surface area contributed by atoms with Gasteiger partial charge in [0.05, 0.1) is 23.0 Å². The number of amides is 1. The van der Waals surface area contributed by atoms with Crippen LogP contribution in [0.3, 0.4) is 0 Å². The van der Waals surface area contributed by atoms with Crippen LogP contribution in [0.15, 0.2) is 66.0 Å². The van der Waals surface area contributed by atoms with Crippen LogP contribution in [0.1, 0.15) is 21.5 Å². The van der Waals surface area contributed by atoms with Crippen molar-refractivity contribution in [2.24, 2.45) is 0 Å². The number of fused-ring (bicyclic) bond motifs is 9. The number of carbonyl (C=O) groups excluding carboxylic acids is 1. The Morgan fingerprint density at radius 2 is 1.95 bits per heavy atom. The van der Waals surface area contributed by atoms with Crippen LogP contribution >= 0.6 is 22.1 Å². The molecule has 1 unspecified atom stereocenters. The molecule has 6 rings (SSSR count). The number of nitrogens with one attached hydrogen (secondary N) is 2. The summed E-state index contributed by atoms with van der Waals surface area (Å²) in [5, 5.41) is 2.80. The number of rotatable bonds is 1. The van der Waals surface area contributed by atoms with Crippen molar-refractivity contribution < 1.29 is 23.0 Å². The van der Waals surface area contributed by atoms with E-state index in [1.54, 1.807) is 36.5 Å². The zero-order chi connectivity index (χ0) is 27.3. The standard InChI is InChI=1S/C27H22FN5O4S2/c1-14-22-25-23(32-13-31-22)17-6-15(7-19(28)8-17)11-29-26(34)16-4-3-5-20(9-16)39(35,36)33-21-10-18(24(14)38-25)12-30-27(21)37-2/h3-10,12-13,33,35-36H,11H2,1-2H3,(H,29,34)/p+1. The molecule has 0 spiro atoms. The minimum absolute atomic E-state index is 0.0699. The lowest BCUT2D eigenvalue weighted by Gasteiger charge is -2.30. The van der Waals surface area contributed by atoms with Crippen molar-refractivity contribution in [2.75, 3.05) is 11.8 Å². The topological polar surface area (TPSA) is 132 Å². The van der Waals surface area contributed by atoms with Crippen molar-refractivity contribution >= 4 is 43.9 Å². The first kappa shape index (κ1) is 25.2. The quantitative estimate of drug-likeness (QED) is 0.232. The molecule has 1 aliphatic rings. The summed E-state index contributed by atoms with van der Waals surface area (Å²) >= 11 is 1.44. The third-order valence-electron chi connectivity index (χ3n) is 6.39. The molecule has 2 aromatic carbocycles. The largest absolute Gasteiger partial charge is 0.479 e. The fourth-order valence-corrected chi connectivity index (χ4v) is 6.94. The van der Waals surface area contributed by atoms with E-state index in [2.05, 4.69) is 25.0 Å². The van der Waals surface area contributed by atoms with Crippen LogP contribution in [0.4, 0.5) is 10.1 Å². The van der Waals surface area contributed by atoms with Gasteiger partial charge in [0.15, 0.2) is 0 Å². The molecule has 0 aliphatic carbocycles. The SMILES string of the molecule is COc1ncc2cc1NS(O)([OH2+])c1cccc(c1)C(=O)NCc1cc(F)cc(c1)-c1ncnc3c(C)c-2sc13. The zero-order valence-corrected chi connectivity index (χ0v) is 22.4. The van der Waals surface area contributed by atoms with E-state index >= 15 is 0 Å². The summed E-state index contributed by atoms with van der Waals surface area (Å²) in [5.41, 5.74) is 4.60. The summed E-state index contributed by atoms with van der Waals surface area (Å²) in [6.45, 7) is 2.01. The van der Waals surface area contributed by atoms with Gasteiger partial charge in [-0.3, -0.25) is 4.79 Å². The molecule has 3 aromatic heterocycles. The zero-order valence-electron chi connectivity index (χ0n) is 20.8. The van der Waals surface area contributed by atoms with Crippen molar-refractivity contribution in [3.8, 4) is 27.6 Å². The van der Waals surface area contributed by atoms with Gasteiger partial charge in [-0.05, 0) is 60.5 Å². The molecule has 1 atom stereocenters. The number of pyridine rings is 1. The molecule has 0 radical (unpaired) electrons. The second-order valence-corrected chi connectivity index (χ2v) is 11.8. The highest BCUT2D eigenvalue weighted by atomic mass is 32.3. The number of nitrogens with zero attached hydrogens (tertiary/aromatic N) is 3. The first-order valence-electron chi connectivity index (χ1n) is 11.8. The highest BCUT2D eigenvalue weighted by Gasteiger charge is 2.25. The van der Waals surface area contributed by atoms with Crippen LogP contribution in [0.5, 0.6) is 5.88 Å². The Hall–Kier alpha value is -4.10. The van der Waals surface area contributed by atoms with E-state index in [1.807, 2.05) is 6.92 Å². The monoisotopic (exact) mass is 564 g/mol. The lowest BCUT2D eigenvalue weighted by atomic mass is 10.1. The first-order chi connectivity index (χ1) is 18.7. The van der Waals surface area contributed by atoms with Gasteiger partial charge in [0.25, 0.3) is 5.91 Å². The maximum Gasteiger partial charge on any atom is 0.251 e. The van der Waals surface area contributed by atoms with Crippen LogP contribution in [0.2, 0.25) is 0 Å². The van der Waals surface area contributed by atoms with Gasteiger partial charge in [-0.15, -0.1) is 11.3 Å². The minimum atomic E-state index is -3.37. The third-order valence-corrected chi connectivity index (χ3v) is 9.18. The van der Waals surface area contributed by atoms with E-state index in [4.69, 9.17) is 9.29 Å². The fraction of sp³-hybridized carbons (Fsp3) is 0.111. The van der Waals surface area contributed by atoms with E-state index in [9.17, 15) is 13.7 Å². The molecule has 4 heterocycles. The van der Waals surface area contributed by atoms with Crippen LogP contribution < -0.4 is 14.8 Å². The smallest absolute Gasteiger partial charge is 0.251 e. The number of aryl methyl sites for hydroxylation is 1. The minimum Gasteiger partial charge on any atom is -0.479 e. The summed E-state index contributed by atoms with van der Waals surface area (Å²) < 4.78 is 43.8. The molecule has 9 nitrogen and oxygen atoms in total. The molecule has 1 amide bonds. The molecule has 8 bridgehead atoms. The van der Waals surface area contributed by atoms with Gasteiger partial charge in [-0.1, -0.05) is 6.07 Å². The molecule has 12 heteroatoms. The van der Waals surface area contributed by atoms with Gasteiger partial charge in [0.2, 0.25) is 5.88 Å². The average Bonchev–Trinajstić information content (AvgIpc) is 3.27. The lowest BCUT2D eigenvalue weighted by Crippen LogP contribution is -2.23. The Kier molecular flexibility index (Phi) is 6.19. The molecule has 5 aromatic rings. The highest BCUT2D eigenvalue weighted by molar-refractivity contribution is 8.25. The molecule has 1 aliphatic heterocycles. The van der Waals surface area contributed by atoms with Crippen molar-refractivity contribution in [3.63, 3.8) is 0 Å². The van der Waals surface area contributed by atoms with Gasteiger partial charge in [0.1, 0.15) is 22.7 Å². The van der Waals surface area contributed by atoms with Crippen LogP contribution in [0, 0.1) is 12.7 Å². The number of ether oxygens (including phenoxy) is 1. The number of hydrogen-bond acceptors (Lipinski definition) is 8. The molecule has 0 fully saturated rings. The Labute approximate surface area is 228 Å². The van der Waals surface area contributed by atoms with Gasteiger partial charge in [-0.25, -0.2) is 28.6 Å². The Bertz CT molecular complexity index is 1780. The van der Waals surface area contributed by atoms with Crippen molar-refractivity contribution in [1.29, 1.82) is 0 Å². The third kappa shape index (κ3) is 4.57. The number of thiophene rings is 1. The molecule has 0 saturated heterocycles. The van der Waals surface area contributed by atoms with E-state index in [-0.39, 0.29) is 22.9 Å². The summed E-state index contributed by atoms with van der Waals surface area (Å²) in [6.07, 6.45) is 3.10. The number of benzene rings is 2. The van der Waals surface area contributed by atoms with E-state index in [1.165, 1.54) is 43.0 Å². The van der Waals surface area contributed by atoms with Gasteiger partial charge in [0, 0.05) is 45.1 Å². The van der Waals surface area contributed by atoms with E-state index < -0.39 is 22.5 Å². The second-order valence-electron chi connectivity index (χ2n) is 8.98. The van der Waals surface area contributed by atoms with Crippen molar-refractivity contribution in [2.45, 2.75) is 18.4 Å². The van der Waals surface area contributed by atoms with Crippen LogP contribution in [-0.2, 0) is 6.54 Å². The molecule has 198 valence electrons. The number of carbonyl (C=O) groups is 1. The lowest BCUT2D eigenvalue weighted by molar-refractivity contribution is 0.0950. The first-order valence-corrected chi connectivity index (χ1v) is 14.2. The summed E-state index contributed by atoms with van der Waals surface area (Å²) in [7, 11) is -1.92. The maximum atomic E-state index is 14.7. The molecule has 0 saturated carbocycles. The Balaban J connectivity index is 1.61. The van der Waals surface area contributed by atoms with Crippen LogP contribution in [-0.4, -0.2) is 37.1 Å². The predicted octanol–water partition coefficient (Wildman–Crippen LogP) is 5.42. The van der Waals surface area contributed by atoms with Gasteiger partial charge < -0.3 is 14.6 Å². The van der Waals surface area contributed by atoms with Gasteiger partial charge >= 0.3 is 0 Å². The van der Waals surface area contributed by atoms with Crippen molar-refractivity contribution in [1.82, 2.24) is 20.3 Å². The Morgan fingerprint density at radius 3 is 2.77 bits per heavy atom. The molecular formula is C27H23FN5O4S2+. The summed E-state index contributed by atoms with van der Waals surface area (Å²) in [5.74, 6) is -0.679. The van der Waals surface area contributed by atoms with E-state index in [0.717, 1.165) is 20.7 Å². The van der Waals surface area contributed by atoms with Crippen molar-refractivity contribution in [3.05, 3.63) is 83.6 Å². The number of anilines is 1. The molecule has 39 heavy (non-hydrogen) atoms. The summed E-state index contributed by atoms with van der Waals surface area (Å²) in [4.78, 5) is 27.4. The Morgan fingerprint density at radius 1 is 1.10 bits per heavy atom.